The van der Waals surface area contributed by atoms with Crippen molar-refractivity contribution in [2.24, 2.45) is 5.41 Å². The lowest BCUT2D eigenvalue weighted by atomic mass is 9.95. The van der Waals surface area contributed by atoms with E-state index in [-0.39, 0.29) is 12.2 Å². The highest BCUT2D eigenvalue weighted by Gasteiger charge is 2.29. The number of aryl methyl sites for hydroxylation is 2. The van der Waals surface area contributed by atoms with Crippen LogP contribution in [0.25, 0.3) is 11.0 Å². The van der Waals surface area contributed by atoms with Crippen LogP contribution in [0.15, 0.2) is 21.3 Å². The lowest BCUT2D eigenvalue weighted by Gasteiger charge is -2.20. The maximum atomic E-state index is 12.1. The molecule has 2 aromatic rings. The molecule has 23 heavy (non-hydrogen) atoms. The number of hydrogen-bond donors (Lipinski definition) is 1. The topological polar surface area (TPSA) is 76.7 Å². The Hall–Kier alpha value is -2.30. The highest BCUT2D eigenvalue weighted by molar-refractivity contribution is 5.86. The van der Waals surface area contributed by atoms with Gasteiger partial charge in [-0.05, 0) is 57.7 Å². The van der Waals surface area contributed by atoms with Gasteiger partial charge in [0.1, 0.15) is 17.9 Å². The van der Waals surface area contributed by atoms with Crippen molar-refractivity contribution in [3.63, 3.8) is 0 Å². The third kappa shape index (κ3) is 2.60. The van der Waals surface area contributed by atoms with E-state index in [9.17, 15) is 9.59 Å². The van der Waals surface area contributed by atoms with Crippen molar-refractivity contribution >= 4 is 16.9 Å². The van der Waals surface area contributed by atoms with E-state index in [1.54, 1.807) is 13.8 Å². The largest absolute Gasteiger partial charge is 0.492 e. The first-order chi connectivity index (χ1) is 10.8. The number of benzene rings is 1. The fourth-order valence-electron chi connectivity index (χ4n) is 2.94. The summed E-state index contributed by atoms with van der Waals surface area (Å²) >= 11 is 0. The summed E-state index contributed by atoms with van der Waals surface area (Å²) in [7, 11) is 0. The molecule has 0 unspecified atom stereocenters. The van der Waals surface area contributed by atoms with Gasteiger partial charge < -0.3 is 14.3 Å². The SMILES string of the molecule is Cc1c(OCC(C)(C)C(=O)O)ccc2c3c(c(=O)oc12)CCC3. The van der Waals surface area contributed by atoms with E-state index in [0.717, 1.165) is 41.3 Å². The predicted molar refractivity (Wildman–Crippen MR) is 86.2 cm³/mol. The molecule has 1 N–H and O–H groups in total. The zero-order chi connectivity index (χ0) is 16.8. The second kappa shape index (κ2) is 5.41. The molecule has 0 amide bonds. The van der Waals surface area contributed by atoms with Crippen LogP contribution in [-0.4, -0.2) is 17.7 Å². The fraction of sp³-hybridized carbons (Fsp3) is 0.444. The number of ether oxygens (including phenoxy) is 1. The van der Waals surface area contributed by atoms with Crippen molar-refractivity contribution in [1.82, 2.24) is 0 Å². The molecular formula is C18H20O5. The normalized spacial score (nSPS) is 14.0. The maximum Gasteiger partial charge on any atom is 0.339 e. The van der Waals surface area contributed by atoms with Gasteiger partial charge >= 0.3 is 11.6 Å². The molecule has 0 bridgehead atoms. The number of carbonyl (C=O) groups is 1. The third-order valence-corrected chi connectivity index (χ3v) is 4.51. The second-order valence-corrected chi connectivity index (χ2v) is 6.74. The highest BCUT2D eigenvalue weighted by atomic mass is 16.5. The molecule has 0 radical (unpaired) electrons. The molecular weight excluding hydrogens is 296 g/mol. The van der Waals surface area contributed by atoms with Gasteiger partial charge in [-0.25, -0.2) is 4.79 Å². The number of hydrogen-bond acceptors (Lipinski definition) is 4. The van der Waals surface area contributed by atoms with Gasteiger partial charge in [0.2, 0.25) is 0 Å². The van der Waals surface area contributed by atoms with Crippen LogP contribution in [0, 0.1) is 12.3 Å². The molecule has 1 aromatic heterocycles. The van der Waals surface area contributed by atoms with Crippen molar-refractivity contribution in [3.8, 4) is 5.75 Å². The zero-order valence-corrected chi connectivity index (χ0v) is 13.6. The van der Waals surface area contributed by atoms with Gasteiger partial charge in [-0.2, -0.15) is 0 Å². The van der Waals surface area contributed by atoms with Crippen LogP contribution in [0.1, 0.15) is 37.0 Å². The van der Waals surface area contributed by atoms with E-state index in [1.165, 1.54) is 0 Å². The summed E-state index contributed by atoms with van der Waals surface area (Å²) in [6, 6.07) is 3.73. The average Bonchev–Trinajstić information content (AvgIpc) is 2.97. The molecule has 0 spiro atoms. The molecule has 0 saturated heterocycles. The third-order valence-electron chi connectivity index (χ3n) is 4.51. The average molecular weight is 316 g/mol. The Labute approximate surface area is 133 Å². The Morgan fingerprint density at radius 3 is 2.70 bits per heavy atom. The van der Waals surface area contributed by atoms with E-state index in [0.29, 0.717) is 11.3 Å². The predicted octanol–water partition coefficient (Wildman–Crippen LogP) is 3.08. The number of fused-ring (bicyclic) bond motifs is 3. The Morgan fingerprint density at radius 2 is 2.00 bits per heavy atom. The molecule has 0 saturated carbocycles. The van der Waals surface area contributed by atoms with Gasteiger partial charge in [-0.1, -0.05) is 0 Å². The maximum absolute atomic E-state index is 12.1. The van der Waals surface area contributed by atoms with E-state index >= 15 is 0 Å². The molecule has 122 valence electrons. The van der Waals surface area contributed by atoms with Crippen LogP contribution in [0.5, 0.6) is 5.75 Å². The van der Waals surface area contributed by atoms with Crippen LogP contribution in [0.2, 0.25) is 0 Å². The number of aliphatic carboxylic acids is 1. The molecule has 1 aliphatic carbocycles. The fourth-order valence-corrected chi connectivity index (χ4v) is 2.94. The van der Waals surface area contributed by atoms with Gasteiger partial charge in [0.25, 0.3) is 0 Å². The Morgan fingerprint density at radius 1 is 1.30 bits per heavy atom. The molecule has 5 heteroatoms. The van der Waals surface area contributed by atoms with Crippen LogP contribution in [0.3, 0.4) is 0 Å². The lowest BCUT2D eigenvalue weighted by Crippen LogP contribution is -2.30. The van der Waals surface area contributed by atoms with Crippen LogP contribution < -0.4 is 10.4 Å². The standard InChI is InChI=1S/C18H20O5/c1-10-14(22-9-18(2,3)17(20)21)8-7-12-11-5-4-6-13(11)16(19)23-15(10)12/h7-8H,4-6,9H2,1-3H3,(H,20,21). The quantitative estimate of drug-likeness (QED) is 0.877. The summed E-state index contributed by atoms with van der Waals surface area (Å²) in [4.78, 5) is 23.3. The van der Waals surface area contributed by atoms with Gasteiger partial charge in [0.05, 0.1) is 5.41 Å². The van der Waals surface area contributed by atoms with Crippen LogP contribution in [0.4, 0.5) is 0 Å². The molecule has 0 fully saturated rings. The molecule has 1 heterocycles. The Kier molecular flexibility index (Phi) is 3.66. The lowest BCUT2D eigenvalue weighted by molar-refractivity contribution is -0.148. The molecule has 1 aliphatic rings. The van der Waals surface area contributed by atoms with Crippen LogP contribution in [-0.2, 0) is 17.6 Å². The smallest absolute Gasteiger partial charge is 0.339 e. The van der Waals surface area contributed by atoms with E-state index < -0.39 is 11.4 Å². The summed E-state index contributed by atoms with van der Waals surface area (Å²) in [6.07, 6.45) is 2.64. The van der Waals surface area contributed by atoms with Crippen molar-refractivity contribution in [1.29, 1.82) is 0 Å². The first-order valence-electron chi connectivity index (χ1n) is 7.75. The molecule has 1 aromatic carbocycles. The summed E-state index contributed by atoms with van der Waals surface area (Å²) in [6.45, 7) is 5.09. The van der Waals surface area contributed by atoms with Gasteiger partial charge in [0, 0.05) is 16.5 Å². The van der Waals surface area contributed by atoms with Crippen molar-refractivity contribution < 1.29 is 19.1 Å². The van der Waals surface area contributed by atoms with Gasteiger partial charge in [-0.3, -0.25) is 4.79 Å². The molecule has 0 aliphatic heterocycles. The summed E-state index contributed by atoms with van der Waals surface area (Å²) in [5.41, 5.74) is 1.89. The minimum Gasteiger partial charge on any atom is -0.492 e. The van der Waals surface area contributed by atoms with Crippen molar-refractivity contribution in [2.75, 3.05) is 6.61 Å². The second-order valence-electron chi connectivity index (χ2n) is 6.74. The number of carboxylic acids is 1. The van der Waals surface area contributed by atoms with Crippen molar-refractivity contribution in [2.45, 2.75) is 40.0 Å². The van der Waals surface area contributed by atoms with E-state index in [1.807, 2.05) is 19.1 Å². The summed E-state index contributed by atoms with van der Waals surface area (Å²) in [5, 5.41) is 10.1. The first-order valence-corrected chi connectivity index (χ1v) is 7.75. The van der Waals surface area contributed by atoms with E-state index in [2.05, 4.69) is 0 Å². The zero-order valence-electron chi connectivity index (χ0n) is 13.6. The number of rotatable bonds is 4. The van der Waals surface area contributed by atoms with Crippen LogP contribution >= 0.6 is 0 Å². The molecule has 3 rings (SSSR count). The minimum absolute atomic E-state index is 0.0455. The van der Waals surface area contributed by atoms with Crippen molar-refractivity contribution in [3.05, 3.63) is 39.2 Å². The van der Waals surface area contributed by atoms with Gasteiger partial charge in [-0.15, -0.1) is 0 Å². The molecule has 5 nitrogen and oxygen atoms in total. The first kappa shape index (κ1) is 15.6. The van der Waals surface area contributed by atoms with Gasteiger partial charge in [0.15, 0.2) is 0 Å². The Balaban J connectivity index is 2.02. The molecule has 0 atom stereocenters. The van der Waals surface area contributed by atoms with E-state index in [4.69, 9.17) is 14.3 Å². The summed E-state index contributed by atoms with van der Waals surface area (Å²) in [5.74, 6) is -0.367. The highest BCUT2D eigenvalue weighted by Crippen LogP contribution is 2.33. The minimum atomic E-state index is -0.986. The number of carboxylic acid groups (broad SMARTS) is 1. The Bertz CT molecular complexity index is 845. The monoisotopic (exact) mass is 316 g/mol. The summed E-state index contributed by atoms with van der Waals surface area (Å²) < 4.78 is 11.2.